The van der Waals surface area contributed by atoms with Crippen molar-refractivity contribution in [3.05, 3.63) is 21.0 Å². The Kier molecular flexibility index (Phi) is 5.09. The van der Waals surface area contributed by atoms with Crippen LogP contribution in [0, 0.1) is 9.49 Å². The zero-order chi connectivity index (χ0) is 13.1. The van der Waals surface area contributed by atoms with Crippen LogP contribution in [0.1, 0.15) is 26.2 Å². The minimum atomic E-state index is -0.183. The van der Waals surface area contributed by atoms with Crippen molar-refractivity contribution in [2.75, 3.05) is 18.0 Å². The second-order valence-corrected chi connectivity index (χ2v) is 6.52. The fraction of sp³-hybridized carbons (Fsp3) is 0.615. The van der Waals surface area contributed by atoms with E-state index >= 15 is 0 Å². The quantitative estimate of drug-likeness (QED) is 0.645. The number of aliphatic hydroxyl groups excluding tert-OH is 1. The van der Waals surface area contributed by atoms with Gasteiger partial charge < -0.3 is 10.0 Å². The topological polar surface area (TPSA) is 36.4 Å². The zero-order valence-electron chi connectivity index (χ0n) is 10.4. The highest BCUT2D eigenvalue weighted by Crippen LogP contribution is 2.30. The van der Waals surface area contributed by atoms with Crippen LogP contribution in [0.25, 0.3) is 0 Å². The number of aromatic nitrogens is 1. The summed E-state index contributed by atoms with van der Waals surface area (Å²) < 4.78 is 1.14. The fourth-order valence-electron chi connectivity index (χ4n) is 2.54. The van der Waals surface area contributed by atoms with Crippen molar-refractivity contribution < 1.29 is 5.11 Å². The number of piperidine rings is 1. The zero-order valence-corrected chi connectivity index (χ0v) is 13.4. The first-order valence-corrected chi connectivity index (χ1v) is 7.76. The van der Waals surface area contributed by atoms with E-state index in [4.69, 9.17) is 11.6 Å². The summed E-state index contributed by atoms with van der Waals surface area (Å²) in [7, 11) is 0. The van der Waals surface area contributed by atoms with Gasteiger partial charge in [-0.1, -0.05) is 11.6 Å². The first-order chi connectivity index (χ1) is 8.56. The van der Waals surface area contributed by atoms with Gasteiger partial charge in [-0.3, -0.25) is 0 Å². The number of hydrogen-bond donors (Lipinski definition) is 1. The lowest BCUT2D eigenvalue weighted by Crippen LogP contribution is -2.35. The number of anilines is 1. The van der Waals surface area contributed by atoms with E-state index in [0.29, 0.717) is 11.1 Å². The molecule has 3 nitrogen and oxygen atoms in total. The Labute approximate surface area is 127 Å². The largest absolute Gasteiger partial charge is 0.393 e. The van der Waals surface area contributed by atoms with E-state index in [1.807, 2.05) is 19.2 Å². The number of aliphatic hydroxyl groups is 1. The van der Waals surface area contributed by atoms with Crippen LogP contribution in [0.15, 0.2) is 12.3 Å². The molecule has 5 heteroatoms. The maximum Gasteiger partial charge on any atom is 0.131 e. The molecule has 2 rings (SSSR count). The highest BCUT2D eigenvalue weighted by Gasteiger charge is 2.22. The Bertz CT molecular complexity index is 406. The number of halogens is 2. The number of rotatable bonds is 3. The maximum atomic E-state index is 9.43. The molecule has 0 spiro atoms. The van der Waals surface area contributed by atoms with Gasteiger partial charge in [0, 0.05) is 19.3 Å². The molecule has 1 N–H and O–H groups in total. The van der Waals surface area contributed by atoms with E-state index in [-0.39, 0.29) is 6.10 Å². The van der Waals surface area contributed by atoms with Gasteiger partial charge in [0.1, 0.15) is 5.15 Å². The average molecular weight is 381 g/mol. The molecule has 0 bridgehead atoms. The van der Waals surface area contributed by atoms with Gasteiger partial charge in [0.2, 0.25) is 0 Å². The molecule has 0 amide bonds. The minimum Gasteiger partial charge on any atom is -0.393 e. The minimum absolute atomic E-state index is 0.183. The van der Waals surface area contributed by atoms with Crippen LogP contribution in [0.4, 0.5) is 5.69 Å². The maximum absolute atomic E-state index is 9.43. The third-order valence-electron chi connectivity index (χ3n) is 3.43. The van der Waals surface area contributed by atoms with Crippen LogP contribution in [0.5, 0.6) is 0 Å². The van der Waals surface area contributed by atoms with Gasteiger partial charge in [-0.05, 0) is 60.8 Å². The molecular formula is C13H18ClIN2O. The second-order valence-electron chi connectivity index (χ2n) is 4.97. The lowest BCUT2D eigenvalue weighted by Gasteiger charge is -2.34. The summed E-state index contributed by atoms with van der Waals surface area (Å²) in [6, 6.07) is 1.94. The second kappa shape index (κ2) is 6.39. The number of hydrogen-bond acceptors (Lipinski definition) is 3. The molecule has 0 aliphatic carbocycles. The van der Waals surface area contributed by atoms with Gasteiger partial charge in [-0.25, -0.2) is 4.98 Å². The van der Waals surface area contributed by atoms with Crippen molar-refractivity contribution in [3.63, 3.8) is 0 Å². The van der Waals surface area contributed by atoms with Crippen molar-refractivity contribution >= 4 is 39.9 Å². The summed E-state index contributed by atoms with van der Waals surface area (Å²) in [5.74, 6) is 0.649. The van der Waals surface area contributed by atoms with Crippen molar-refractivity contribution in [3.8, 4) is 0 Å². The molecule has 1 unspecified atom stereocenters. The molecule has 0 aromatic carbocycles. The third kappa shape index (κ3) is 3.71. The van der Waals surface area contributed by atoms with Crippen LogP contribution in [0.3, 0.4) is 0 Å². The summed E-state index contributed by atoms with van der Waals surface area (Å²) in [6.07, 6.45) is 4.83. The molecule has 1 saturated heterocycles. The van der Waals surface area contributed by atoms with Crippen LogP contribution in [0.2, 0.25) is 5.15 Å². The third-order valence-corrected chi connectivity index (χ3v) is 4.47. The van der Waals surface area contributed by atoms with Gasteiger partial charge in [-0.2, -0.15) is 0 Å². The van der Waals surface area contributed by atoms with Gasteiger partial charge in [0.05, 0.1) is 15.4 Å². The Morgan fingerprint density at radius 2 is 2.22 bits per heavy atom. The molecular weight excluding hydrogens is 363 g/mol. The molecule has 1 aliphatic rings. The standard InChI is InChI=1S/C13H18ClIN2O/c1-9(18)6-10-2-4-17(5-3-10)12-7-13(14)16-8-11(12)15/h7-10,18H,2-6H2,1H3. The van der Waals surface area contributed by atoms with Crippen molar-refractivity contribution in [1.82, 2.24) is 4.98 Å². The predicted octanol–water partition coefficient (Wildman–Crippen LogP) is 3.33. The molecule has 1 aromatic heterocycles. The fourth-order valence-corrected chi connectivity index (χ4v) is 3.33. The Hall–Kier alpha value is -0.0700. The van der Waals surface area contributed by atoms with E-state index in [9.17, 15) is 5.11 Å². The van der Waals surface area contributed by atoms with Crippen molar-refractivity contribution in [2.24, 2.45) is 5.92 Å². The van der Waals surface area contributed by atoms with Gasteiger partial charge >= 0.3 is 0 Å². The average Bonchev–Trinajstić information content (AvgIpc) is 2.33. The molecule has 100 valence electrons. The first kappa shape index (κ1) is 14.3. The molecule has 0 saturated carbocycles. The van der Waals surface area contributed by atoms with E-state index in [1.54, 1.807) is 0 Å². The molecule has 1 aromatic rings. The lowest BCUT2D eigenvalue weighted by molar-refractivity contribution is 0.151. The van der Waals surface area contributed by atoms with E-state index in [1.165, 1.54) is 5.69 Å². The highest BCUT2D eigenvalue weighted by atomic mass is 127. The number of nitrogens with zero attached hydrogens (tertiary/aromatic N) is 2. The SMILES string of the molecule is CC(O)CC1CCN(c2cc(Cl)ncc2I)CC1. The van der Waals surface area contributed by atoms with E-state index in [0.717, 1.165) is 35.9 Å². The first-order valence-electron chi connectivity index (χ1n) is 6.30. The van der Waals surface area contributed by atoms with Crippen LogP contribution < -0.4 is 4.90 Å². The Morgan fingerprint density at radius 1 is 1.56 bits per heavy atom. The molecule has 2 heterocycles. The van der Waals surface area contributed by atoms with Gasteiger partial charge in [-0.15, -0.1) is 0 Å². The highest BCUT2D eigenvalue weighted by molar-refractivity contribution is 14.1. The summed E-state index contributed by atoms with van der Waals surface area (Å²) in [4.78, 5) is 6.46. The van der Waals surface area contributed by atoms with Crippen molar-refractivity contribution in [1.29, 1.82) is 0 Å². The molecule has 1 atom stereocenters. The number of pyridine rings is 1. The van der Waals surface area contributed by atoms with E-state index in [2.05, 4.69) is 32.5 Å². The summed E-state index contributed by atoms with van der Waals surface area (Å²) in [5.41, 5.74) is 1.19. The Morgan fingerprint density at radius 3 is 2.83 bits per heavy atom. The van der Waals surface area contributed by atoms with E-state index < -0.39 is 0 Å². The molecule has 18 heavy (non-hydrogen) atoms. The monoisotopic (exact) mass is 380 g/mol. The molecule has 1 fully saturated rings. The van der Waals surface area contributed by atoms with Gasteiger partial charge in [0.15, 0.2) is 0 Å². The molecule has 0 radical (unpaired) electrons. The predicted molar refractivity (Wildman–Crippen MR) is 83.2 cm³/mol. The van der Waals surface area contributed by atoms with Crippen molar-refractivity contribution in [2.45, 2.75) is 32.3 Å². The Balaban J connectivity index is 1.99. The van der Waals surface area contributed by atoms with Crippen LogP contribution >= 0.6 is 34.2 Å². The van der Waals surface area contributed by atoms with Crippen LogP contribution in [-0.4, -0.2) is 29.3 Å². The summed E-state index contributed by atoms with van der Waals surface area (Å²) in [5, 5.41) is 9.98. The summed E-state index contributed by atoms with van der Waals surface area (Å²) >= 11 is 8.26. The normalized spacial score (nSPS) is 19.0. The summed E-state index contributed by atoms with van der Waals surface area (Å²) in [6.45, 7) is 3.94. The smallest absolute Gasteiger partial charge is 0.131 e. The molecule has 1 aliphatic heterocycles. The van der Waals surface area contributed by atoms with Crippen LogP contribution in [-0.2, 0) is 0 Å². The lowest BCUT2D eigenvalue weighted by atomic mass is 9.91. The van der Waals surface area contributed by atoms with Gasteiger partial charge in [0.25, 0.3) is 0 Å².